The molecule has 0 bridgehead atoms. The average molecular weight is 598 g/mol. The summed E-state index contributed by atoms with van der Waals surface area (Å²) in [4.78, 5) is 30.0. The van der Waals surface area contributed by atoms with Crippen molar-refractivity contribution in [2.45, 2.75) is 45.5 Å². The molecule has 11 nitrogen and oxygen atoms in total. The van der Waals surface area contributed by atoms with Crippen LogP contribution in [-0.2, 0) is 29.1 Å². The third-order valence-corrected chi connectivity index (χ3v) is 7.90. The maximum atomic E-state index is 13.5. The van der Waals surface area contributed by atoms with Crippen LogP contribution in [0.1, 0.15) is 25.0 Å². The lowest BCUT2D eigenvalue weighted by Gasteiger charge is -2.34. The molecule has 0 fully saturated rings. The maximum absolute atomic E-state index is 13.5. The van der Waals surface area contributed by atoms with Gasteiger partial charge in [0.25, 0.3) is 0 Å². The molecule has 0 saturated carbocycles. The molecule has 5 rings (SSSR count). The Hall–Kier alpha value is -4.61. The van der Waals surface area contributed by atoms with Crippen LogP contribution in [0.25, 0.3) is 11.1 Å². The topological polar surface area (TPSA) is 126 Å². The van der Waals surface area contributed by atoms with Gasteiger partial charge in [-0.15, -0.1) is 5.10 Å². The Morgan fingerprint density at radius 1 is 1.11 bits per heavy atom. The summed E-state index contributed by atoms with van der Waals surface area (Å²) < 4.78 is 7.97. The number of amides is 2. The fraction of sp³-hybridized carbons (Fsp3) is 0.364. The van der Waals surface area contributed by atoms with Crippen molar-refractivity contribution in [2.24, 2.45) is 5.92 Å². The molecule has 0 unspecified atom stereocenters. The molecule has 0 aliphatic carbocycles. The summed E-state index contributed by atoms with van der Waals surface area (Å²) in [5, 5.41) is 23.6. The molecule has 0 saturated heterocycles. The zero-order valence-electron chi connectivity index (χ0n) is 25.3. The summed E-state index contributed by atoms with van der Waals surface area (Å²) in [5.74, 6) is 0.186. The van der Waals surface area contributed by atoms with E-state index in [9.17, 15) is 14.7 Å². The number of carbonyl (C=O) groups excluding carboxylic acids is 2. The number of hydrogen-bond donors (Lipinski definition) is 2. The zero-order valence-corrected chi connectivity index (χ0v) is 25.3. The molecular formula is C33H39N7O4. The first-order valence-electron chi connectivity index (χ1n) is 14.8. The second kappa shape index (κ2) is 14.2. The minimum atomic E-state index is -0.341. The first-order chi connectivity index (χ1) is 21.3. The maximum Gasteiger partial charge on any atom is 0.246 e. The predicted octanol–water partition coefficient (Wildman–Crippen LogP) is 3.26. The molecule has 11 heteroatoms. The number of likely N-dealkylation sites (N-methyl/N-ethyl adjacent to an activating group) is 1. The van der Waals surface area contributed by atoms with Crippen LogP contribution in [0.4, 0.5) is 5.69 Å². The van der Waals surface area contributed by atoms with Crippen molar-refractivity contribution in [1.29, 1.82) is 0 Å². The average Bonchev–Trinajstić information content (AvgIpc) is 3.54. The Morgan fingerprint density at radius 2 is 1.86 bits per heavy atom. The van der Waals surface area contributed by atoms with Crippen LogP contribution in [0.2, 0.25) is 0 Å². The Kier molecular flexibility index (Phi) is 9.98. The standard InChI is InChI=1S/C33H39N7O4/c1-23-17-40(24(2)21-41)33(43)16-28-15-29(35-32(42)20-39-22-34-36-37-39)13-14-30(28)44-31(23)19-38(3)18-25-9-11-27(12-10-25)26-7-5-4-6-8-26/h4-15,22-24,31,41H,16-21H2,1-3H3,(H,35,42)/t23-,24-,31-/m0/s1. The van der Waals surface area contributed by atoms with Crippen LogP contribution < -0.4 is 10.1 Å². The highest BCUT2D eigenvalue weighted by Gasteiger charge is 2.31. The Bertz CT molecular complexity index is 1530. The molecule has 4 aromatic rings. The highest BCUT2D eigenvalue weighted by Crippen LogP contribution is 2.29. The summed E-state index contributed by atoms with van der Waals surface area (Å²) in [5.41, 5.74) is 4.76. The summed E-state index contributed by atoms with van der Waals surface area (Å²) in [6.07, 6.45) is 1.21. The van der Waals surface area contributed by atoms with Crippen LogP contribution in [0.5, 0.6) is 5.75 Å². The molecule has 2 amide bonds. The van der Waals surface area contributed by atoms with Crippen molar-refractivity contribution in [3.05, 3.63) is 90.3 Å². The number of tetrazole rings is 1. The van der Waals surface area contributed by atoms with Gasteiger partial charge in [-0.2, -0.15) is 0 Å². The van der Waals surface area contributed by atoms with Crippen molar-refractivity contribution in [3.8, 4) is 16.9 Å². The van der Waals surface area contributed by atoms with Crippen molar-refractivity contribution in [3.63, 3.8) is 0 Å². The van der Waals surface area contributed by atoms with Crippen LogP contribution in [0, 0.1) is 5.92 Å². The molecule has 1 aromatic heterocycles. The van der Waals surface area contributed by atoms with E-state index in [1.807, 2.05) is 31.2 Å². The molecule has 3 aromatic carbocycles. The monoisotopic (exact) mass is 597 g/mol. The SMILES string of the molecule is C[C@H]1CN([C@@H](C)CO)C(=O)Cc2cc(NC(=O)Cn3cnnn3)ccc2O[C@H]1CN(C)Cc1ccc(-c2ccccc2)cc1. The van der Waals surface area contributed by atoms with Gasteiger partial charge >= 0.3 is 0 Å². The van der Waals surface area contributed by atoms with Crippen LogP contribution in [0.3, 0.4) is 0 Å². The van der Waals surface area contributed by atoms with E-state index < -0.39 is 0 Å². The molecule has 0 spiro atoms. The van der Waals surface area contributed by atoms with Crippen LogP contribution in [0.15, 0.2) is 79.1 Å². The normalized spacial score (nSPS) is 17.7. The van der Waals surface area contributed by atoms with Gasteiger partial charge in [0.1, 0.15) is 24.7 Å². The minimum absolute atomic E-state index is 0.0162. The van der Waals surface area contributed by atoms with E-state index in [4.69, 9.17) is 4.74 Å². The highest BCUT2D eigenvalue weighted by atomic mass is 16.5. The van der Waals surface area contributed by atoms with E-state index in [2.05, 4.69) is 76.1 Å². The summed E-state index contributed by atoms with van der Waals surface area (Å²) in [6.45, 7) is 5.56. The number of nitrogens with zero attached hydrogens (tertiary/aromatic N) is 6. The van der Waals surface area contributed by atoms with E-state index in [1.54, 1.807) is 17.0 Å². The molecule has 44 heavy (non-hydrogen) atoms. The third-order valence-electron chi connectivity index (χ3n) is 7.90. The second-order valence-corrected chi connectivity index (χ2v) is 11.5. The quantitative estimate of drug-likeness (QED) is 0.285. The van der Waals surface area contributed by atoms with E-state index >= 15 is 0 Å². The molecule has 230 valence electrons. The van der Waals surface area contributed by atoms with Gasteiger partial charge in [-0.05, 0) is 59.3 Å². The lowest BCUT2D eigenvalue weighted by atomic mass is 10.0. The predicted molar refractivity (Wildman–Crippen MR) is 167 cm³/mol. The van der Waals surface area contributed by atoms with Crippen molar-refractivity contribution in [2.75, 3.05) is 32.1 Å². The largest absolute Gasteiger partial charge is 0.488 e. The van der Waals surface area contributed by atoms with E-state index in [-0.39, 0.29) is 49.5 Å². The van der Waals surface area contributed by atoms with Crippen molar-refractivity contribution >= 4 is 17.5 Å². The van der Waals surface area contributed by atoms with Gasteiger partial charge in [0, 0.05) is 36.8 Å². The zero-order chi connectivity index (χ0) is 31.1. The Balaban J connectivity index is 1.33. The molecule has 2 N–H and O–H groups in total. The molecule has 2 heterocycles. The number of rotatable bonds is 10. The van der Waals surface area contributed by atoms with E-state index in [0.29, 0.717) is 30.1 Å². The number of aliphatic hydroxyl groups excluding tert-OH is 1. The first-order valence-corrected chi connectivity index (χ1v) is 14.8. The Morgan fingerprint density at radius 3 is 2.57 bits per heavy atom. The summed E-state index contributed by atoms with van der Waals surface area (Å²) in [6, 6.07) is 23.9. The molecular weight excluding hydrogens is 558 g/mol. The number of benzene rings is 3. The number of hydrogen-bond acceptors (Lipinski definition) is 8. The van der Waals surface area contributed by atoms with Gasteiger partial charge in [0.2, 0.25) is 11.8 Å². The molecule has 1 aliphatic heterocycles. The summed E-state index contributed by atoms with van der Waals surface area (Å²) >= 11 is 0. The fourth-order valence-electron chi connectivity index (χ4n) is 5.44. The second-order valence-electron chi connectivity index (χ2n) is 11.5. The van der Waals surface area contributed by atoms with Gasteiger partial charge in [-0.25, -0.2) is 4.68 Å². The first kappa shape index (κ1) is 30.8. The van der Waals surface area contributed by atoms with Gasteiger partial charge in [-0.1, -0.05) is 61.5 Å². The summed E-state index contributed by atoms with van der Waals surface area (Å²) in [7, 11) is 2.07. The van der Waals surface area contributed by atoms with Gasteiger partial charge in [0.15, 0.2) is 0 Å². The minimum Gasteiger partial charge on any atom is -0.488 e. The Labute approximate surface area is 257 Å². The number of nitrogens with one attached hydrogen (secondary N) is 1. The van der Waals surface area contributed by atoms with Crippen molar-refractivity contribution in [1.82, 2.24) is 30.0 Å². The number of ether oxygens (including phenoxy) is 1. The number of aromatic nitrogens is 4. The number of fused-ring (bicyclic) bond motifs is 1. The van der Waals surface area contributed by atoms with Crippen LogP contribution >= 0.6 is 0 Å². The molecule has 0 radical (unpaired) electrons. The number of anilines is 1. The fourth-order valence-corrected chi connectivity index (χ4v) is 5.44. The lowest BCUT2D eigenvalue weighted by molar-refractivity contribution is -0.134. The van der Waals surface area contributed by atoms with Gasteiger partial charge in [0.05, 0.1) is 19.1 Å². The van der Waals surface area contributed by atoms with E-state index in [0.717, 1.165) is 6.54 Å². The van der Waals surface area contributed by atoms with Crippen LogP contribution in [-0.4, -0.2) is 85.8 Å². The van der Waals surface area contributed by atoms with Gasteiger partial charge < -0.3 is 20.1 Å². The third kappa shape index (κ3) is 7.86. The molecule has 3 atom stereocenters. The molecule has 1 aliphatic rings. The number of aliphatic hydroxyl groups is 1. The lowest BCUT2D eigenvalue weighted by Crippen LogP contribution is -2.47. The van der Waals surface area contributed by atoms with Crippen molar-refractivity contribution < 1.29 is 19.4 Å². The highest BCUT2D eigenvalue weighted by molar-refractivity contribution is 5.91. The smallest absolute Gasteiger partial charge is 0.246 e. The number of carbonyl (C=O) groups is 2. The van der Waals surface area contributed by atoms with E-state index in [1.165, 1.54) is 27.7 Å². The van der Waals surface area contributed by atoms with Gasteiger partial charge in [-0.3, -0.25) is 14.5 Å².